The fraction of sp³-hybridized carbons (Fsp3) is 0.235. The molecule has 7 heteroatoms. The smallest absolute Gasteiger partial charge is 0.241 e. The van der Waals surface area contributed by atoms with Gasteiger partial charge in [-0.2, -0.15) is 0 Å². The number of aryl methyl sites for hydroxylation is 1. The zero-order chi connectivity index (χ0) is 17.6. The lowest BCUT2D eigenvalue weighted by molar-refractivity contribution is -0.121. The summed E-state index contributed by atoms with van der Waals surface area (Å²) in [5.74, 6) is 4.77. The summed E-state index contributed by atoms with van der Waals surface area (Å²) in [6.07, 6.45) is 0.753. The largest absolute Gasteiger partial charge is 0.294 e. The second kappa shape index (κ2) is 8.05. The highest BCUT2D eigenvalue weighted by atomic mass is 32.2. The number of rotatable bonds is 7. The van der Waals surface area contributed by atoms with E-state index < -0.39 is 10.0 Å². The summed E-state index contributed by atoms with van der Waals surface area (Å²) in [6.45, 7) is 1.80. The molecule has 0 aliphatic heterocycles. The van der Waals surface area contributed by atoms with Gasteiger partial charge in [-0.1, -0.05) is 42.5 Å². The molecule has 128 valence electrons. The molecule has 0 radical (unpaired) electrons. The first kappa shape index (κ1) is 18.1. The molecular formula is C17H21N3O3S. The Bertz CT molecular complexity index is 774. The van der Waals surface area contributed by atoms with Crippen LogP contribution in [0.4, 0.5) is 0 Å². The van der Waals surface area contributed by atoms with E-state index in [1.165, 1.54) is 12.1 Å². The molecule has 0 bridgehead atoms. The highest BCUT2D eigenvalue weighted by Gasteiger charge is 2.18. The predicted molar refractivity (Wildman–Crippen MR) is 92.3 cm³/mol. The molecule has 0 aromatic heterocycles. The van der Waals surface area contributed by atoms with Gasteiger partial charge in [0.1, 0.15) is 0 Å². The van der Waals surface area contributed by atoms with Gasteiger partial charge in [-0.05, 0) is 36.6 Å². The number of carbonyl (C=O) groups is 1. The standard InChI is InChI=1S/C17H21N3O3S/c1-13(15-5-3-2-4-6-15)20-24(22,23)16-10-7-14(8-11-16)9-12-17(21)19-18/h2-8,10-11,13,20H,9,12,18H2,1H3,(H,19,21)/t13-/m1/s1. The molecule has 6 nitrogen and oxygen atoms in total. The maximum absolute atomic E-state index is 12.4. The third-order valence-corrected chi connectivity index (χ3v) is 5.22. The number of hydrogen-bond acceptors (Lipinski definition) is 4. The molecule has 0 saturated heterocycles. The van der Waals surface area contributed by atoms with E-state index in [4.69, 9.17) is 5.84 Å². The van der Waals surface area contributed by atoms with E-state index in [1.807, 2.05) is 30.3 Å². The summed E-state index contributed by atoms with van der Waals surface area (Å²) in [5.41, 5.74) is 3.83. The Morgan fingerprint density at radius 3 is 2.29 bits per heavy atom. The molecule has 4 N–H and O–H groups in total. The number of hydrazine groups is 1. The van der Waals surface area contributed by atoms with Gasteiger partial charge in [-0.3, -0.25) is 10.2 Å². The average Bonchev–Trinajstić information content (AvgIpc) is 2.60. The summed E-state index contributed by atoms with van der Waals surface area (Å²) in [7, 11) is -3.61. The highest BCUT2D eigenvalue weighted by Crippen LogP contribution is 2.17. The SMILES string of the molecule is C[C@@H](NS(=O)(=O)c1ccc(CCC(=O)NN)cc1)c1ccccc1. The molecule has 2 rings (SSSR count). The molecule has 1 atom stereocenters. The first-order valence-electron chi connectivity index (χ1n) is 7.58. The summed E-state index contributed by atoms with van der Waals surface area (Å²) in [4.78, 5) is 11.3. The second-order valence-corrected chi connectivity index (χ2v) is 7.18. The van der Waals surface area contributed by atoms with Crippen molar-refractivity contribution < 1.29 is 13.2 Å². The van der Waals surface area contributed by atoms with Crippen molar-refractivity contribution >= 4 is 15.9 Å². The van der Waals surface area contributed by atoms with Gasteiger partial charge >= 0.3 is 0 Å². The van der Waals surface area contributed by atoms with Crippen LogP contribution in [0.1, 0.15) is 30.5 Å². The van der Waals surface area contributed by atoms with E-state index >= 15 is 0 Å². The maximum Gasteiger partial charge on any atom is 0.241 e. The van der Waals surface area contributed by atoms with Crippen LogP contribution >= 0.6 is 0 Å². The first-order valence-corrected chi connectivity index (χ1v) is 9.06. The summed E-state index contributed by atoms with van der Waals surface area (Å²) in [6, 6.07) is 15.5. The highest BCUT2D eigenvalue weighted by molar-refractivity contribution is 7.89. The molecule has 0 aliphatic rings. The predicted octanol–water partition coefficient (Wildman–Crippen LogP) is 1.65. The number of nitrogens with two attached hydrogens (primary N) is 1. The van der Waals surface area contributed by atoms with Gasteiger partial charge in [0.25, 0.3) is 0 Å². The Labute approximate surface area is 142 Å². The van der Waals surface area contributed by atoms with Crippen LogP contribution in [-0.4, -0.2) is 14.3 Å². The van der Waals surface area contributed by atoms with Crippen molar-refractivity contribution in [2.45, 2.75) is 30.7 Å². The Hall–Kier alpha value is -2.22. The molecule has 0 spiro atoms. The monoisotopic (exact) mass is 347 g/mol. The van der Waals surface area contributed by atoms with Gasteiger partial charge in [0, 0.05) is 12.5 Å². The van der Waals surface area contributed by atoms with Gasteiger partial charge in [0.15, 0.2) is 0 Å². The van der Waals surface area contributed by atoms with Crippen LogP contribution in [0.5, 0.6) is 0 Å². The minimum Gasteiger partial charge on any atom is -0.294 e. The summed E-state index contributed by atoms with van der Waals surface area (Å²) < 4.78 is 27.6. The van der Waals surface area contributed by atoms with Crippen molar-refractivity contribution in [2.75, 3.05) is 0 Å². The number of amides is 1. The second-order valence-electron chi connectivity index (χ2n) is 5.47. The van der Waals surface area contributed by atoms with Crippen LogP contribution in [0.2, 0.25) is 0 Å². The zero-order valence-corrected chi connectivity index (χ0v) is 14.2. The van der Waals surface area contributed by atoms with Crippen molar-refractivity contribution in [3.63, 3.8) is 0 Å². The average molecular weight is 347 g/mol. The normalized spacial score (nSPS) is 12.6. The summed E-state index contributed by atoms with van der Waals surface area (Å²) >= 11 is 0. The molecule has 0 saturated carbocycles. The zero-order valence-electron chi connectivity index (χ0n) is 13.4. The van der Waals surface area contributed by atoms with Gasteiger partial charge < -0.3 is 0 Å². The van der Waals surface area contributed by atoms with Crippen molar-refractivity contribution in [1.82, 2.24) is 10.1 Å². The first-order chi connectivity index (χ1) is 11.4. The van der Waals surface area contributed by atoms with Crippen molar-refractivity contribution in [2.24, 2.45) is 5.84 Å². The fourth-order valence-corrected chi connectivity index (χ4v) is 3.51. The minimum atomic E-state index is -3.61. The maximum atomic E-state index is 12.4. The van der Waals surface area contributed by atoms with Crippen LogP contribution in [0.3, 0.4) is 0 Å². The lowest BCUT2D eigenvalue weighted by Crippen LogP contribution is -2.30. The van der Waals surface area contributed by atoms with E-state index in [-0.39, 0.29) is 23.3 Å². The number of sulfonamides is 1. The topological polar surface area (TPSA) is 101 Å². The molecule has 0 unspecified atom stereocenters. The number of hydrogen-bond donors (Lipinski definition) is 3. The van der Waals surface area contributed by atoms with E-state index in [2.05, 4.69) is 10.1 Å². The van der Waals surface area contributed by atoms with Gasteiger partial charge in [-0.15, -0.1) is 0 Å². The Kier molecular flexibility index (Phi) is 6.08. The molecule has 2 aromatic carbocycles. The van der Waals surface area contributed by atoms with Gasteiger partial charge in [0.05, 0.1) is 4.90 Å². The van der Waals surface area contributed by atoms with E-state index in [0.29, 0.717) is 6.42 Å². The number of benzene rings is 2. The third-order valence-electron chi connectivity index (χ3n) is 3.67. The minimum absolute atomic E-state index is 0.192. The molecule has 0 fully saturated rings. The Morgan fingerprint density at radius 2 is 1.71 bits per heavy atom. The Balaban J connectivity index is 2.05. The molecule has 0 heterocycles. The number of carbonyl (C=O) groups excluding carboxylic acids is 1. The van der Waals surface area contributed by atoms with Crippen molar-refractivity contribution in [3.8, 4) is 0 Å². The van der Waals surface area contributed by atoms with Crippen LogP contribution in [0.25, 0.3) is 0 Å². The molecule has 1 amide bonds. The van der Waals surface area contributed by atoms with Crippen molar-refractivity contribution in [1.29, 1.82) is 0 Å². The number of nitrogens with one attached hydrogen (secondary N) is 2. The lowest BCUT2D eigenvalue weighted by Gasteiger charge is -2.15. The van der Waals surface area contributed by atoms with E-state index in [9.17, 15) is 13.2 Å². The third kappa shape index (κ3) is 4.89. The van der Waals surface area contributed by atoms with Gasteiger partial charge in [-0.25, -0.2) is 19.0 Å². The van der Waals surface area contributed by atoms with Gasteiger partial charge in [0.2, 0.25) is 15.9 Å². The Morgan fingerprint density at radius 1 is 1.08 bits per heavy atom. The fourth-order valence-electron chi connectivity index (χ4n) is 2.28. The molecular weight excluding hydrogens is 326 g/mol. The van der Waals surface area contributed by atoms with Crippen molar-refractivity contribution in [3.05, 3.63) is 65.7 Å². The van der Waals surface area contributed by atoms with Crippen LogP contribution < -0.4 is 16.0 Å². The van der Waals surface area contributed by atoms with E-state index in [1.54, 1.807) is 19.1 Å². The molecule has 0 aliphatic carbocycles. The molecule has 24 heavy (non-hydrogen) atoms. The molecule has 2 aromatic rings. The van der Waals surface area contributed by atoms with E-state index in [0.717, 1.165) is 11.1 Å². The quantitative estimate of drug-likeness (QED) is 0.403. The van der Waals surface area contributed by atoms with Crippen LogP contribution in [0, 0.1) is 0 Å². The summed E-state index contributed by atoms with van der Waals surface area (Å²) in [5, 5.41) is 0. The lowest BCUT2D eigenvalue weighted by atomic mass is 10.1. The van der Waals surface area contributed by atoms with Crippen LogP contribution in [-0.2, 0) is 21.2 Å². The van der Waals surface area contributed by atoms with Crippen LogP contribution in [0.15, 0.2) is 59.5 Å².